The number of nitrogens with zero attached hydrogens (tertiary/aromatic N) is 1. The zero-order valence-corrected chi connectivity index (χ0v) is 12.9. The molecule has 0 fully saturated rings. The summed E-state index contributed by atoms with van der Waals surface area (Å²) in [4.78, 5) is 26.4. The van der Waals surface area contributed by atoms with Crippen molar-refractivity contribution in [1.82, 2.24) is 5.32 Å². The van der Waals surface area contributed by atoms with E-state index >= 15 is 0 Å². The number of likely N-dealkylation sites (N-methyl/N-ethyl adjacent to an activating group) is 1. The fourth-order valence-corrected chi connectivity index (χ4v) is 2.85. The van der Waals surface area contributed by atoms with Gasteiger partial charge in [0.05, 0.1) is 0 Å². The third-order valence-electron chi connectivity index (χ3n) is 3.98. The maximum atomic E-state index is 12.7. The summed E-state index contributed by atoms with van der Waals surface area (Å²) in [5.41, 5.74) is 2.77. The lowest BCUT2D eigenvalue weighted by Gasteiger charge is -2.23. The first-order chi connectivity index (χ1) is 11.2. The topological polar surface area (TPSA) is 49.4 Å². The van der Waals surface area contributed by atoms with Crippen LogP contribution in [-0.4, -0.2) is 24.9 Å². The Kier molecular flexibility index (Phi) is 4.24. The standard InChI is InChI=1S/C19H18N2O2/c1-20-19(23)17-13-15-9-5-6-10-16(15)21(17)18(22)12-11-14-7-3-2-4-8-14/h2-12,17H,13H2,1H3,(H,20,23)/b12-11+. The Morgan fingerprint density at radius 3 is 2.52 bits per heavy atom. The summed E-state index contributed by atoms with van der Waals surface area (Å²) in [6.45, 7) is 0. The molecule has 0 saturated carbocycles. The number of carbonyl (C=O) groups is 2. The second kappa shape index (κ2) is 6.48. The average molecular weight is 306 g/mol. The highest BCUT2D eigenvalue weighted by Crippen LogP contribution is 2.32. The van der Waals surface area contributed by atoms with Gasteiger partial charge in [0.1, 0.15) is 6.04 Å². The minimum Gasteiger partial charge on any atom is -0.357 e. The van der Waals surface area contributed by atoms with Crippen LogP contribution >= 0.6 is 0 Å². The van der Waals surface area contributed by atoms with Crippen LogP contribution in [-0.2, 0) is 16.0 Å². The van der Waals surface area contributed by atoms with E-state index in [9.17, 15) is 9.59 Å². The molecule has 116 valence electrons. The molecule has 23 heavy (non-hydrogen) atoms. The lowest BCUT2D eigenvalue weighted by Crippen LogP contribution is -2.46. The molecular weight excluding hydrogens is 288 g/mol. The van der Waals surface area contributed by atoms with Crippen LogP contribution in [0.1, 0.15) is 11.1 Å². The van der Waals surface area contributed by atoms with Crippen LogP contribution in [0.15, 0.2) is 60.7 Å². The van der Waals surface area contributed by atoms with Gasteiger partial charge < -0.3 is 5.32 Å². The normalized spacial score (nSPS) is 16.4. The van der Waals surface area contributed by atoms with Gasteiger partial charge in [-0.25, -0.2) is 0 Å². The van der Waals surface area contributed by atoms with Crippen molar-refractivity contribution in [3.05, 3.63) is 71.8 Å². The maximum absolute atomic E-state index is 12.7. The first kappa shape index (κ1) is 15.0. The zero-order valence-electron chi connectivity index (χ0n) is 12.9. The Balaban J connectivity index is 1.89. The van der Waals surface area contributed by atoms with Gasteiger partial charge in [-0.05, 0) is 23.3 Å². The number of rotatable bonds is 3. The largest absolute Gasteiger partial charge is 0.357 e. The molecule has 0 aromatic heterocycles. The van der Waals surface area contributed by atoms with Crippen LogP contribution in [0.5, 0.6) is 0 Å². The molecule has 4 nitrogen and oxygen atoms in total. The fourth-order valence-electron chi connectivity index (χ4n) is 2.85. The van der Waals surface area contributed by atoms with Gasteiger partial charge in [0.25, 0.3) is 5.91 Å². The lowest BCUT2D eigenvalue weighted by atomic mass is 10.1. The third-order valence-corrected chi connectivity index (χ3v) is 3.98. The van der Waals surface area contributed by atoms with E-state index in [2.05, 4.69) is 5.32 Å². The molecule has 4 heteroatoms. The minimum absolute atomic E-state index is 0.150. The molecule has 2 aromatic rings. The van der Waals surface area contributed by atoms with E-state index < -0.39 is 6.04 Å². The van der Waals surface area contributed by atoms with Crippen LogP contribution in [0.3, 0.4) is 0 Å². The van der Waals surface area contributed by atoms with Crippen molar-refractivity contribution >= 4 is 23.6 Å². The highest BCUT2D eigenvalue weighted by molar-refractivity contribution is 6.09. The summed E-state index contributed by atoms with van der Waals surface area (Å²) in [6, 6.07) is 16.8. The molecule has 1 N–H and O–H groups in total. The molecule has 2 aromatic carbocycles. The van der Waals surface area contributed by atoms with Crippen molar-refractivity contribution in [2.75, 3.05) is 11.9 Å². The molecule has 0 saturated heterocycles. The van der Waals surface area contributed by atoms with E-state index in [0.717, 1.165) is 16.8 Å². The number of nitrogens with one attached hydrogen (secondary N) is 1. The van der Waals surface area contributed by atoms with Crippen molar-refractivity contribution < 1.29 is 9.59 Å². The summed E-state index contributed by atoms with van der Waals surface area (Å²) in [6.07, 6.45) is 3.83. The number of benzene rings is 2. The van der Waals surface area contributed by atoms with Gasteiger partial charge in [-0.2, -0.15) is 0 Å². The number of carbonyl (C=O) groups excluding carboxylic acids is 2. The van der Waals surface area contributed by atoms with E-state index in [-0.39, 0.29) is 11.8 Å². The summed E-state index contributed by atoms with van der Waals surface area (Å²) < 4.78 is 0. The molecule has 1 atom stereocenters. The van der Waals surface area contributed by atoms with Crippen LogP contribution in [0.4, 0.5) is 5.69 Å². The SMILES string of the molecule is CNC(=O)C1Cc2ccccc2N1C(=O)/C=C/c1ccccc1. The van der Waals surface area contributed by atoms with Gasteiger partial charge in [0.2, 0.25) is 5.91 Å². The zero-order chi connectivity index (χ0) is 16.2. The molecular formula is C19H18N2O2. The Morgan fingerprint density at radius 2 is 1.78 bits per heavy atom. The van der Waals surface area contributed by atoms with Gasteiger partial charge in [-0.15, -0.1) is 0 Å². The van der Waals surface area contributed by atoms with E-state index in [1.165, 1.54) is 6.08 Å². The van der Waals surface area contributed by atoms with Crippen LogP contribution in [0.2, 0.25) is 0 Å². The monoisotopic (exact) mass is 306 g/mol. The van der Waals surface area contributed by atoms with Crippen LogP contribution < -0.4 is 10.2 Å². The number of para-hydroxylation sites is 1. The molecule has 1 heterocycles. The number of amides is 2. The van der Waals surface area contributed by atoms with Gasteiger partial charge in [0.15, 0.2) is 0 Å². The number of fused-ring (bicyclic) bond motifs is 1. The molecule has 0 bridgehead atoms. The maximum Gasteiger partial charge on any atom is 0.251 e. The van der Waals surface area contributed by atoms with Gasteiger partial charge in [-0.3, -0.25) is 14.5 Å². The Hall–Kier alpha value is -2.88. The highest BCUT2D eigenvalue weighted by atomic mass is 16.2. The van der Waals surface area contributed by atoms with E-state index in [1.54, 1.807) is 18.0 Å². The predicted molar refractivity (Wildman–Crippen MR) is 91.0 cm³/mol. The van der Waals surface area contributed by atoms with Crippen LogP contribution in [0.25, 0.3) is 6.08 Å². The second-order valence-electron chi connectivity index (χ2n) is 5.42. The molecule has 2 amide bonds. The van der Waals surface area contributed by atoms with E-state index in [0.29, 0.717) is 6.42 Å². The van der Waals surface area contributed by atoms with Crippen molar-refractivity contribution in [2.45, 2.75) is 12.5 Å². The molecule has 3 rings (SSSR count). The number of hydrogen-bond donors (Lipinski definition) is 1. The third kappa shape index (κ3) is 3.01. The Bertz CT molecular complexity index is 753. The van der Waals surface area contributed by atoms with Gasteiger partial charge >= 0.3 is 0 Å². The summed E-state index contributed by atoms with van der Waals surface area (Å²) in [7, 11) is 1.59. The number of hydrogen-bond acceptors (Lipinski definition) is 2. The fraction of sp³-hybridized carbons (Fsp3) is 0.158. The van der Waals surface area contributed by atoms with Gasteiger partial charge in [0, 0.05) is 25.2 Å². The van der Waals surface area contributed by atoms with Crippen molar-refractivity contribution in [2.24, 2.45) is 0 Å². The van der Waals surface area contributed by atoms with Gasteiger partial charge in [-0.1, -0.05) is 48.5 Å². The van der Waals surface area contributed by atoms with Crippen molar-refractivity contribution in [3.63, 3.8) is 0 Å². The Labute approximate surface area is 135 Å². The van der Waals surface area contributed by atoms with Crippen molar-refractivity contribution in [3.8, 4) is 0 Å². The summed E-state index contributed by atoms with van der Waals surface area (Å²) in [5.74, 6) is -0.338. The lowest BCUT2D eigenvalue weighted by molar-refractivity contribution is -0.124. The quantitative estimate of drug-likeness (QED) is 0.885. The molecule has 1 aliphatic heterocycles. The highest BCUT2D eigenvalue weighted by Gasteiger charge is 2.36. The summed E-state index contributed by atoms with van der Waals surface area (Å²) in [5, 5.41) is 2.64. The van der Waals surface area contributed by atoms with E-state index in [4.69, 9.17) is 0 Å². The molecule has 0 spiro atoms. The first-order valence-electron chi connectivity index (χ1n) is 7.56. The smallest absolute Gasteiger partial charge is 0.251 e. The number of anilines is 1. The first-order valence-corrected chi connectivity index (χ1v) is 7.56. The average Bonchev–Trinajstić information content (AvgIpc) is 2.99. The van der Waals surface area contributed by atoms with Crippen molar-refractivity contribution in [1.29, 1.82) is 0 Å². The predicted octanol–water partition coefficient (Wildman–Crippen LogP) is 2.40. The van der Waals surface area contributed by atoms with Crippen LogP contribution in [0, 0.1) is 0 Å². The molecule has 1 aliphatic rings. The van der Waals surface area contributed by atoms with E-state index in [1.807, 2.05) is 54.6 Å². The summed E-state index contributed by atoms with van der Waals surface area (Å²) >= 11 is 0. The second-order valence-corrected chi connectivity index (χ2v) is 5.42. The Morgan fingerprint density at radius 1 is 1.09 bits per heavy atom. The molecule has 1 unspecified atom stereocenters. The minimum atomic E-state index is -0.495. The molecule has 0 aliphatic carbocycles. The molecule has 0 radical (unpaired) electrons.